The van der Waals surface area contributed by atoms with Crippen LogP contribution in [0.2, 0.25) is 0 Å². The molecule has 3 heterocycles. The second-order valence-electron chi connectivity index (χ2n) is 8.33. The van der Waals surface area contributed by atoms with Gasteiger partial charge in [0.25, 0.3) is 5.56 Å². The second kappa shape index (κ2) is 8.48. The molecule has 1 aliphatic rings. The van der Waals surface area contributed by atoms with Gasteiger partial charge in [-0.25, -0.2) is 4.57 Å². The van der Waals surface area contributed by atoms with E-state index in [1.165, 1.54) is 25.8 Å². The zero-order valence-electron chi connectivity index (χ0n) is 18.0. The van der Waals surface area contributed by atoms with Crippen LogP contribution in [0.25, 0.3) is 22.4 Å². The lowest BCUT2D eigenvalue weighted by Gasteiger charge is -2.32. The fourth-order valence-electron chi connectivity index (χ4n) is 4.60. The first-order chi connectivity index (χ1) is 15.1. The molecule has 0 bridgehead atoms. The minimum Gasteiger partial charge on any atom is -0.303 e. The Morgan fingerprint density at radius 3 is 2.71 bits per heavy atom. The van der Waals surface area contributed by atoms with Crippen LogP contribution in [-0.2, 0) is 0 Å². The molecule has 0 amide bonds. The SMILES string of the molecule is Cc1ccccc1-n1c(=O)c2ccccc2n2c(SCCC3CCCCN3C)nnc12. The average Bonchev–Trinajstić information content (AvgIpc) is 3.20. The van der Waals surface area contributed by atoms with Gasteiger partial charge in [-0.05, 0) is 63.5 Å². The molecule has 7 heteroatoms. The number of piperidine rings is 1. The number of aromatic nitrogens is 4. The number of hydrogen-bond donors (Lipinski definition) is 0. The Morgan fingerprint density at radius 2 is 1.87 bits per heavy atom. The van der Waals surface area contributed by atoms with Crippen LogP contribution in [0.15, 0.2) is 58.5 Å². The lowest BCUT2D eigenvalue weighted by molar-refractivity contribution is 0.182. The van der Waals surface area contributed by atoms with E-state index in [1.54, 1.807) is 16.3 Å². The smallest absolute Gasteiger partial charge is 0.267 e. The van der Waals surface area contributed by atoms with Gasteiger partial charge in [0.1, 0.15) is 0 Å². The molecule has 2 aromatic heterocycles. The molecule has 160 valence electrons. The van der Waals surface area contributed by atoms with Gasteiger partial charge in [-0.1, -0.05) is 48.5 Å². The van der Waals surface area contributed by atoms with Gasteiger partial charge in [0, 0.05) is 11.8 Å². The number of likely N-dealkylation sites (tertiary alicyclic amines) is 1. The van der Waals surface area contributed by atoms with E-state index in [2.05, 4.69) is 22.1 Å². The molecule has 1 saturated heterocycles. The third-order valence-electron chi connectivity index (χ3n) is 6.35. The van der Waals surface area contributed by atoms with E-state index in [1.807, 2.05) is 59.9 Å². The summed E-state index contributed by atoms with van der Waals surface area (Å²) < 4.78 is 3.74. The van der Waals surface area contributed by atoms with Crippen molar-refractivity contribution < 1.29 is 0 Å². The van der Waals surface area contributed by atoms with Crippen LogP contribution >= 0.6 is 11.8 Å². The maximum Gasteiger partial charge on any atom is 0.267 e. The normalized spacial score (nSPS) is 17.5. The van der Waals surface area contributed by atoms with Crippen molar-refractivity contribution in [3.63, 3.8) is 0 Å². The van der Waals surface area contributed by atoms with E-state index in [0.29, 0.717) is 17.2 Å². The van der Waals surface area contributed by atoms with Gasteiger partial charge in [0.2, 0.25) is 5.78 Å². The summed E-state index contributed by atoms with van der Waals surface area (Å²) in [7, 11) is 2.23. The average molecular weight is 434 g/mol. The zero-order valence-corrected chi connectivity index (χ0v) is 18.8. The Morgan fingerprint density at radius 1 is 1.06 bits per heavy atom. The standard InChI is InChI=1S/C24H27N5OS/c1-17-9-3-5-12-20(17)28-22(30)19-11-4-6-13-21(19)29-23(28)25-26-24(29)31-16-14-18-10-7-8-15-27(18)2/h3-6,9,11-13,18H,7-8,10,14-16H2,1-2H3. The number of nitrogens with zero attached hydrogens (tertiary/aromatic N) is 5. The summed E-state index contributed by atoms with van der Waals surface area (Å²) in [6.07, 6.45) is 5.02. The van der Waals surface area contributed by atoms with E-state index < -0.39 is 0 Å². The number of hydrogen-bond acceptors (Lipinski definition) is 5. The molecular formula is C24H27N5OS. The molecule has 1 fully saturated rings. The molecule has 0 spiro atoms. The fourth-order valence-corrected chi connectivity index (χ4v) is 5.58. The highest BCUT2D eigenvalue weighted by Crippen LogP contribution is 2.26. The summed E-state index contributed by atoms with van der Waals surface area (Å²) in [4.78, 5) is 15.9. The van der Waals surface area contributed by atoms with Crippen molar-refractivity contribution in [3.05, 3.63) is 64.4 Å². The molecular weight excluding hydrogens is 406 g/mol. The van der Waals surface area contributed by atoms with Gasteiger partial charge in [0.05, 0.1) is 16.6 Å². The van der Waals surface area contributed by atoms with Crippen LogP contribution in [-0.4, -0.2) is 49.5 Å². The van der Waals surface area contributed by atoms with Gasteiger partial charge >= 0.3 is 0 Å². The Hall–Kier alpha value is -2.64. The van der Waals surface area contributed by atoms with Crippen molar-refractivity contribution in [2.24, 2.45) is 0 Å². The Labute approximate surface area is 185 Å². The molecule has 0 radical (unpaired) electrons. The minimum absolute atomic E-state index is 0.0646. The largest absolute Gasteiger partial charge is 0.303 e. The number of para-hydroxylation sites is 2. The highest BCUT2D eigenvalue weighted by Gasteiger charge is 2.21. The lowest BCUT2D eigenvalue weighted by Crippen LogP contribution is -2.36. The Kier molecular flexibility index (Phi) is 5.54. The first-order valence-electron chi connectivity index (χ1n) is 10.9. The Balaban J connectivity index is 1.58. The van der Waals surface area contributed by atoms with Crippen LogP contribution in [0.3, 0.4) is 0 Å². The molecule has 0 saturated carbocycles. The monoisotopic (exact) mass is 433 g/mol. The highest BCUT2D eigenvalue weighted by atomic mass is 32.2. The van der Waals surface area contributed by atoms with Gasteiger partial charge < -0.3 is 4.90 Å². The van der Waals surface area contributed by atoms with Crippen molar-refractivity contribution in [1.29, 1.82) is 0 Å². The molecule has 0 N–H and O–H groups in total. The lowest BCUT2D eigenvalue weighted by atomic mass is 10.0. The van der Waals surface area contributed by atoms with E-state index in [9.17, 15) is 4.79 Å². The molecule has 31 heavy (non-hydrogen) atoms. The van der Waals surface area contributed by atoms with Crippen molar-refractivity contribution in [3.8, 4) is 5.69 Å². The maximum absolute atomic E-state index is 13.4. The third-order valence-corrected chi connectivity index (χ3v) is 7.32. The molecule has 6 nitrogen and oxygen atoms in total. The maximum atomic E-state index is 13.4. The van der Waals surface area contributed by atoms with E-state index in [0.717, 1.165) is 34.1 Å². The number of fused-ring (bicyclic) bond motifs is 3. The number of benzene rings is 2. The first kappa shape index (κ1) is 20.3. The van der Waals surface area contributed by atoms with Crippen molar-refractivity contribution in [2.75, 3.05) is 19.3 Å². The minimum atomic E-state index is -0.0646. The van der Waals surface area contributed by atoms with Crippen LogP contribution in [0.1, 0.15) is 31.2 Å². The predicted octanol–water partition coefficient (Wildman–Crippen LogP) is 4.31. The summed E-state index contributed by atoms with van der Waals surface area (Å²) >= 11 is 1.73. The number of rotatable bonds is 5. The molecule has 0 aliphatic carbocycles. The van der Waals surface area contributed by atoms with Gasteiger partial charge in [-0.15, -0.1) is 10.2 Å². The summed E-state index contributed by atoms with van der Waals surface area (Å²) in [5, 5.41) is 10.5. The van der Waals surface area contributed by atoms with Crippen molar-refractivity contribution >= 4 is 28.4 Å². The first-order valence-corrected chi connectivity index (χ1v) is 11.9. The summed E-state index contributed by atoms with van der Waals surface area (Å²) in [5.41, 5.74) is 2.66. The topological polar surface area (TPSA) is 55.4 Å². The van der Waals surface area contributed by atoms with Crippen molar-refractivity contribution in [1.82, 2.24) is 24.1 Å². The van der Waals surface area contributed by atoms with Gasteiger partial charge in [-0.3, -0.25) is 9.20 Å². The van der Waals surface area contributed by atoms with E-state index >= 15 is 0 Å². The predicted molar refractivity (Wildman–Crippen MR) is 126 cm³/mol. The van der Waals surface area contributed by atoms with E-state index in [-0.39, 0.29) is 5.56 Å². The summed E-state index contributed by atoms with van der Waals surface area (Å²) in [6, 6.07) is 16.3. The zero-order chi connectivity index (χ0) is 21.4. The molecule has 1 unspecified atom stereocenters. The van der Waals surface area contributed by atoms with Gasteiger partial charge in [-0.2, -0.15) is 0 Å². The van der Waals surface area contributed by atoms with E-state index in [4.69, 9.17) is 0 Å². The fraction of sp³-hybridized carbons (Fsp3) is 0.375. The molecule has 1 atom stereocenters. The summed E-state index contributed by atoms with van der Waals surface area (Å²) in [6.45, 7) is 3.21. The highest BCUT2D eigenvalue weighted by molar-refractivity contribution is 7.99. The van der Waals surface area contributed by atoms with Crippen LogP contribution < -0.4 is 5.56 Å². The molecule has 4 aromatic rings. The Bertz CT molecular complexity index is 1290. The quantitative estimate of drug-likeness (QED) is 0.439. The third kappa shape index (κ3) is 3.66. The molecule has 2 aromatic carbocycles. The van der Waals surface area contributed by atoms with Crippen LogP contribution in [0, 0.1) is 6.92 Å². The number of aryl methyl sites for hydroxylation is 1. The van der Waals surface area contributed by atoms with Crippen molar-refractivity contribution in [2.45, 2.75) is 43.8 Å². The molecule has 1 aliphatic heterocycles. The second-order valence-corrected chi connectivity index (χ2v) is 9.39. The van der Waals surface area contributed by atoms with Gasteiger partial charge in [0.15, 0.2) is 5.16 Å². The van der Waals surface area contributed by atoms with Crippen LogP contribution in [0.4, 0.5) is 0 Å². The summed E-state index contributed by atoms with van der Waals surface area (Å²) in [5.74, 6) is 1.54. The number of thioether (sulfide) groups is 1. The van der Waals surface area contributed by atoms with Crippen LogP contribution in [0.5, 0.6) is 0 Å². The molecule has 5 rings (SSSR count).